The van der Waals surface area contributed by atoms with E-state index in [0.717, 1.165) is 12.2 Å². The molecule has 0 aromatic carbocycles. The molecule has 1 aliphatic heterocycles. The third-order valence-corrected chi connectivity index (χ3v) is 1.74. The molecule has 0 fully saturated rings. The van der Waals surface area contributed by atoms with Crippen molar-refractivity contribution in [1.29, 1.82) is 0 Å². The highest BCUT2D eigenvalue weighted by molar-refractivity contribution is 5.74. The number of ether oxygens (including phenoxy) is 3. The van der Waals surface area contributed by atoms with Crippen LogP contribution in [0.2, 0.25) is 0 Å². The molecular formula is C8H12O4. The molecule has 0 bridgehead atoms. The summed E-state index contributed by atoms with van der Waals surface area (Å²) in [6.45, 7) is 0. The van der Waals surface area contributed by atoms with Crippen LogP contribution in [0, 0.1) is 0 Å². The summed E-state index contributed by atoms with van der Waals surface area (Å²) in [5.41, 5.74) is 0. The molecule has 0 aliphatic carbocycles. The Morgan fingerprint density at radius 1 is 1.67 bits per heavy atom. The van der Waals surface area contributed by atoms with Gasteiger partial charge in [-0.3, -0.25) is 0 Å². The first kappa shape index (κ1) is 8.90. The van der Waals surface area contributed by atoms with Gasteiger partial charge in [0.25, 0.3) is 0 Å². The molecule has 1 aliphatic rings. The molecule has 0 aromatic heterocycles. The molecule has 1 unspecified atom stereocenters. The van der Waals surface area contributed by atoms with E-state index in [1.165, 1.54) is 13.4 Å². The average molecular weight is 172 g/mol. The predicted molar refractivity (Wildman–Crippen MR) is 41.2 cm³/mol. The highest BCUT2D eigenvalue weighted by Crippen LogP contribution is 2.18. The second kappa shape index (κ2) is 3.99. The lowest BCUT2D eigenvalue weighted by atomic mass is 10.1. The van der Waals surface area contributed by atoms with Gasteiger partial charge in [0.1, 0.15) is 12.0 Å². The van der Waals surface area contributed by atoms with Crippen LogP contribution in [-0.4, -0.2) is 26.3 Å². The molecule has 0 aromatic rings. The molecule has 0 radical (unpaired) electrons. The fourth-order valence-corrected chi connectivity index (χ4v) is 1.01. The zero-order valence-corrected chi connectivity index (χ0v) is 7.20. The SMILES string of the molecule is COC(=O)C1CCC(OC)=CO1. The maximum absolute atomic E-state index is 10.9. The molecule has 4 heteroatoms. The van der Waals surface area contributed by atoms with Gasteiger partial charge in [-0.2, -0.15) is 0 Å². The Morgan fingerprint density at radius 3 is 2.83 bits per heavy atom. The summed E-state index contributed by atoms with van der Waals surface area (Å²) >= 11 is 0. The van der Waals surface area contributed by atoms with Gasteiger partial charge in [0.05, 0.1) is 14.2 Å². The van der Waals surface area contributed by atoms with Crippen LogP contribution in [0.15, 0.2) is 12.0 Å². The second-order valence-electron chi connectivity index (χ2n) is 2.47. The van der Waals surface area contributed by atoms with E-state index in [1.807, 2.05) is 0 Å². The van der Waals surface area contributed by atoms with Crippen molar-refractivity contribution in [3.8, 4) is 0 Å². The van der Waals surface area contributed by atoms with Gasteiger partial charge < -0.3 is 14.2 Å². The number of hydrogen-bond acceptors (Lipinski definition) is 4. The topological polar surface area (TPSA) is 44.8 Å². The molecular weight excluding hydrogens is 160 g/mol. The minimum atomic E-state index is -0.464. The minimum Gasteiger partial charge on any atom is -0.498 e. The highest BCUT2D eigenvalue weighted by Gasteiger charge is 2.23. The molecule has 0 saturated heterocycles. The van der Waals surface area contributed by atoms with Gasteiger partial charge in [0.15, 0.2) is 6.10 Å². The number of esters is 1. The van der Waals surface area contributed by atoms with Crippen LogP contribution in [0.1, 0.15) is 12.8 Å². The Morgan fingerprint density at radius 2 is 2.42 bits per heavy atom. The summed E-state index contributed by atoms with van der Waals surface area (Å²) in [4.78, 5) is 10.9. The fourth-order valence-electron chi connectivity index (χ4n) is 1.01. The van der Waals surface area contributed by atoms with Crippen LogP contribution in [0.25, 0.3) is 0 Å². The molecule has 1 atom stereocenters. The number of allylic oxidation sites excluding steroid dienone is 1. The molecule has 0 N–H and O–H groups in total. The van der Waals surface area contributed by atoms with Crippen molar-refractivity contribution in [3.05, 3.63) is 12.0 Å². The minimum absolute atomic E-state index is 0.332. The lowest BCUT2D eigenvalue weighted by Crippen LogP contribution is -2.26. The Hall–Kier alpha value is -1.19. The van der Waals surface area contributed by atoms with Crippen LogP contribution in [0.4, 0.5) is 0 Å². The van der Waals surface area contributed by atoms with Crippen LogP contribution in [0.5, 0.6) is 0 Å². The van der Waals surface area contributed by atoms with Crippen LogP contribution < -0.4 is 0 Å². The predicted octanol–water partition coefficient (Wildman–Crippen LogP) is 0.826. The summed E-state index contributed by atoms with van der Waals surface area (Å²) < 4.78 is 14.5. The van der Waals surface area contributed by atoms with E-state index in [9.17, 15) is 4.79 Å². The Labute approximate surface area is 71.1 Å². The van der Waals surface area contributed by atoms with Crippen LogP contribution >= 0.6 is 0 Å². The van der Waals surface area contributed by atoms with E-state index in [1.54, 1.807) is 7.11 Å². The van der Waals surface area contributed by atoms with Gasteiger partial charge in [-0.25, -0.2) is 4.79 Å². The molecule has 12 heavy (non-hydrogen) atoms. The maximum Gasteiger partial charge on any atom is 0.347 e. The third-order valence-electron chi connectivity index (χ3n) is 1.74. The van der Waals surface area contributed by atoms with Gasteiger partial charge >= 0.3 is 5.97 Å². The van der Waals surface area contributed by atoms with E-state index >= 15 is 0 Å². The van der Waals surface area contributed by atoms with Crippen molar-refractivity contribution >= 4 is 5.97 Å². The lowest BCUT2D eigenvalue weighted by molar-refractivity contribution is -0.152. The number of rotatable bonds is 2. The summed E-state index contributed by atoms with van der Waals surface area (Å²) in [5, 5.41) is 0. The van der Waals surface area contributed by atoms with Gasteiger partial charge in [-0.15, -0.1) is 0 Å². The first-order chi connectivity index (χ1) is 5.77. The summed E-state index contributed by atoms with van der Waals surface area (Å²) in [5.74, 6) is 0.427. The highest BCUT2D eigenvalue weighted by atomic mass is 16.6. The van der Waals surface area contributed by atoms with Crippen molar-refractivity contribution in [3.63, 3.8) is 0 Å². The number of carbonyl (C=O) groups is 1. The quantitative estimate of drug-likeness (QED) is 0.578. The van der Waals surface area contributed by atoms with Gasteiger partial charge in [0.2, 0.25) is 0 Å². The lowest BCUT2D eigenvalue weighted by Gasteiger charge is -2.19. The van der Waals surface area contributed by atoms with Crippen molar-refractivity contribution < 1.29 is 19.0 Å². The average Bonchev–Trinajstić information content (AvgIpc) is 2.17. The van der Waals surface area contributed by atoms with Gasteiger partial charge in [0, 0.05) is 12.8 Å². The van der Waals surface area contributed by atoms with Crippen LogP contribution in [0.3, 0.4) is 0 Å². The standard InChI is InChI=1S/C8H12O4/c1-10-6-3-4-7(12-5-6)8(9)11-2/h5,7H,3-4H2,1-2H3. The van der Waals surface area contributed by atoms with E-state index in [-0.39, 0.29) is 5.97 Å². The maximum atomic E-state index is 10.9. The third kappa shape index (κ3) is 1.90. The smallest absolute Gasteiger partial charge is 0.347 e. The second-order valence-corrected chi connectivity index (χ2v) is 2.47. The number of methoxy groups -OCH3 is 2. The van der Waals surface area contributed by atoms with Crippen molar-refractivity contribution in [2.75, 3.05) is 14.2 Å². The largest absolute Gasteiger partial charge is 0.498 e. The first-order valence-electron chi connectivity index (χ1n) is 3.74. The van der Waals surface area contributed by atoms with Gasteiger partial charge in [-0.1, -0.05) is 0 Å². The zero-order valence-electron chi connectivity index (χ0n) is 7.20. The molecule has 4 nitrogen and oxygen atoms in total. The summed E-state index contributed by atoms with van der Waals surface area (Å²) in [7, 11) is 2.93. The van der Waals surface area contributed by atoms with Crippen molar-refractivity contribution in [2.45, 2.75) is 18.9 Å². The van der Waals surface area contributed by atoms with Crippen molar-refractivity contribution in [1.82, 2.24) is 0 Å². The molecule has 0 amide bonds. The number of hydrogen-bond donors (Lipinski definition) is 0. The Kier molecular flexibility index (Phi) is 2.96. The van der Waals surface area contributed by atoms with Crippen LogP contribution in [-0.2, 0) is 19.0 Å². The van der Waals surface area contributed by atoms with Gasteiger partial charge in [-0.05, 0) is 0 Å². The monoisotopic (exact) mass is 172 g/mol. The molecule has 1 rings (SSSR count). The Balaban J connectivity index is 2.46. The van der Waals surface area contributed by atoms with E-state index in [4.69, 9.17) is 9.47 Å². The summed E-state index contributed by atoms with van der Waals surface area (Å²) in [6.07, 6.45) is 2.34. The first-order valence-corrected chi connectivity index (χ1v) is 3.74. The van der Waals surface area contributed by atoms with Crippen molar-refractivity contribution in [2.24, 2.45) is 0 Å². The molecule has 1 heterocycles. The van der Waals surface area contributed by atoms with E-state index < -0.39 is 6.10 Å². The van der Waals surface area contributed by atoms with E-state index in [2.05, 4.69) is 4.74 Å². The normalized spacial score (nSPS) is 22.2. The Bertz CT molecular complexity index is 197. The molecule has 68 valence electrons. The number of carbonyl (C=O) groups excluding carboxylic acids is 1. The molecule has 0 spiro atoms. The van der Waals surface area contributed by atoms with E-state index in [0.29, 0.717) is 6.42 Å². The fraction of sp³-hybridized carbons (Fsp3) is 0.625. The summed E-state index contributed by atoms with van der Waals surface area (Å²) in [6, 6.07) is 0. The zero-order chi connectivity index (χ0) is 8.97. The molecule has 0 saturated carbocycles.